The molecule has 2 rings (SSSR count). The van der Waals surface area contributed by atoms with Crippen LogP contribution in [0, 0.1) is 0 Å². The number of rotatable bonds is 6. The molecule has 0 bridgehead atoms. The van der Waals surface area contributed by atoms with Crippen molar-refractivity contribution in [1.29, 1.82) is 0 Å². The monoisotopic (exact) mass is 306 g/mol. The van der Waals surface area contributed by atoms with Crippen molar-refractivity contribution in [2.45, 2.75) is 38.6 Å². The number of nitrogens with zero attached hydrogens (tertiary/aromatic N) is 1. The van der Waals surface area contributed by atoms with E-state index in [0.717, 1.165) is 49.5 Å². The van der Waals surface area contributed by atoms with Gasteiger partial charge in [0.1, 0.15) is 11.5 Å². The number of anilines is 1. The molecular formula is C17H26N2O3. The smallest absolute Gasteiger partial charge is 0.220 e. The van der Waals surface area contributed by atoms with Crippen LogP contribution < -0.4 is 19.7 Å². The van der Waals surface area contributed by atoms with Crippen molar-refractivity contribution in [3.8, 4) is 11.5 Å². The van der Waals surface area contributed by atoms with Gasteiger partial charge in [-0.2, -0.15) is 0 Å². The van der Waals surface area contributed by atoms with Crippen LogP contribution in [-0.2, 0) is 4.79 Å². The van der Waals surface area contributed by atoms with Gasteiger partial charge in [0, 0.05) is 49.4 Å². The Hall–Kier alpha value is -1.91. The van der Waals surface area contributed by atoms with E-state index in [-0.39, 0.29) is 5.91 Å². The molecule has 0 saturated carbocycles. The van der Waals surface area contributed by atoms with Crippen LogP contribution in [0.2, 0.25) is 0 Å². The third kappa shape index (κ3) is 4.29. The zero-order chi connectivity index (χ0) is 15.9. The number of benzene rings is 1. The number of ether oxygens (including phenoxy) is 2. The fourth-order valence-corrected chi connectivity index (χ4v) is 2.78. The van der Waals surface area contributed by atoms with Gasteiger partial charge >= 0.3 is 0 Å². The molecule has 0 aliphatic carbocycles. The third-order valence-electron chi connectivity index (χ3n) is 4.04. The Morgan fingerprint density at radius 1 is 1.18 bits per heavy atom. The maximum atomic E-state index is 11.7. The van der Waals surface area contributed by atoms with E-state index in [4.69, 9.17) is 9.47 Å². The summed E-state index contributed by atoms with van der Waals surface area (Å²) in [5.41, 5.74) is 1.11. The summed E-state index contributed by atoms with van der Waals surface area (Å²) in [7, 11) is 3.32. The quantitative estimate of drug-likeness (QED) is 0.877. The van der Waals surface area contributed by atoms with Gasteiger partial charge in [-0.15, -0.1) is 0 Å². The molecule has 5 nitrogen and oxygen atoms in total. The van der Waals surface area contributed by atoms with E-state index < -0.39 is 0 Å². The molecule has 1 fully saturated rings. The fourth-order valence-electron chi connectivity index (χ4n) is 2.78. The minimum Gasteiger partial charge on any atom is -0.497 e. The van der Waals surface area contributed by atoms with Gasteiger partial charge in [0.25, 0.3) is 0 Å². The van der Waals surface area contributed by atoms with Crippen LogP contribution in [0.3, 0.4) is 0 Å². The molecule has 22 heavy (non-hydrogen) atoms. The minimum absolute atomic E-state index is 0.170. The van der Waals surface area contributed by atoms with Gasteiger partial charge in [-0.05, 0) is 19.3 Å². The van der Waals surface area contributed by atoms with Crippen LogP contribution in [0.1, 0.15) is 32.6 Å². The second-order valence-corrected chi connectivity index (χ2v) is 5.65. The number of piperidine rings is 1. The second kappa shape index (κ2) is 7.92. The summed E-state index contributed by atoms with van der Waals surface area (Å²) in [5.74, 6) is 1.77. The topological polar surface area (TPSA) is 50.8 Å². The molecule has 0 radical (unpaired) electrons. The molecule has 0 unspecified atom stereocenters. The molecule has 1 aliphatic rings. The van der Waals surface area contributed by atoms with Crippen LogP contribution in [-0.4, -0.2) is 39.3 Å². The summed E-state index contributed by atoms with van der Waals surface area (Å²) in [6.45, 7) is 3.87. The van der Waals surface area contributed by atoms with Crippen LogP contribution >= 0.6 is 0 Å². The Morgan fingerprint density at radius 3 is 2.27 bits per heavy atom. The summed E-state index contributed by atoms with van der Waals surface area (Å²) < 4.78 is 10.7. The third-order valence-corrected chi connectivity index (χ3v) is 4.04. The first kappa shape index (κ1) is 16.5. The van der Waals surface area contributed by atoms with Gasteiger partial charge in [-0.25, -0.2) is 0 Å². The predicted molar refractivity (Wildman–Crippen MR) is 87.8 cm³/mol. The zero-order valence-corrected chi connectivity index (χ0v) is 13.7. The van der Waals surface area contributed by atoms with Gasteiger partial charge in [-0.3, -0.25) is 4.79 Å². The van der Waals surface area contributed by atoms with E-state index in [1.54, 1.807) is 14.2 Å². The Balaban J connectivity index is 1.95. The standard InChI is InChI=1S/C17H26N2O3/c1-4-5-17(20)18-13-6-8-19(9-7-13)14-10-15(21-2)12-16(11-14)22-3/h10-13H,4-9H2,1-3H3,(H,18,20). The highest BCUT2D eigenvalue weighted by atomic mass is 16.5. The van der Waals surface area contributed by atoms with Crippen molar-refractivity contribution in [2.75, 3.05) is 32.2 Å². The van der Waals surface area contributed by atoms with Crippen molar-refractivity contribution >= 4 is 11.6 Å². The molecular weight excluding hydrogens is 280 g/mol. The number of carbonyl (C=O) groups excluding carboxylic acids is 1. The number of nitrogens with one attached hydrogen (secondary N) is 1. The normalized spacial score (nSPS) is 15.5. The molecule has 1 N–H and O–H groups in total. The van der Waals surface area contributed by atoms with E-state index in [9.17, 15) is 4.79 Å². The molecule has 0 spiro atoms. The highest BCUT2D eigenvalue weighted by molar-refractivity contribution is 5.76. The van der Waals surface area contributed by atoms with E-state index in [2.05, 4.69) is 10.2 Å². The van der Waals surface area contributed by atoms with Crippen LogP contribution in [0.25, 0.3) is 0 Å². The Morgan fingerprint density at radius 2 is 1.77 bits per heavy atom. The van der Waals surface area contributed by atoms with Crippen molar-refractivity contribution < 1.29 is 14.3 Å². The molecule has 0 aromatic heterocycles. The lowest BCUT2D eigenvalue weighted by Crippen LogP contribution is -2.44. The molecule has 1 aromatic rings. The average molecular weight is 306 g/mol. The lowest BCUT2D eigenvalue weighted by Gasteiger charge is -2.34. The maximum Gasteiger partial charge on any atom is 0.220 e. The molecule has 1 saturated heterocycles. The van der Waals surface area contributed by atoms with Gasteiger partial charge < -0.3 is 19.7 Å². The number of amides is 1. The fraction of sp³-hybridized carbons (Fsp3) is 0.588. The lowest BCUT2D eigenvalue weighted by atomic mass is 10.0. The molecule has 0 atom stereocenters. The van der Waals surface area contributed by atoms with Gasteiger partial charge in [0.15, 0.2) is 0 Å². The van der Waals surface area contributed by atoms with Crippen molar-refractivity contribution in [2.24, 2.45) is 0 Å². The number of methoxy groups -OCH3 is 2. The second-order valence-electron chi connectivity index (χ2n) is 5.65. The number of carbonyl (C=O) groups is 1. The summed E-state index contributed by atoms with van der Waals surface area (Å²) >= 11 is 0. The van der Waals surface area contributed by atoms with Crippen LogP contribution in [0.4, 0.5) is 5.69 Å². The van der Waals surface area contributed by atoms with Crippen molar-refractivity contribution in [1.82, 2.24) is 5.32 Å². The van der Waals surface area contributed by atoms with Gasteiger partial charge in [0.2, 0.25) is 5.91 Å². The number of hydrogen-bond donors (Lipinski definition) is 1. The molecule has 1 heterocycles. The average Bonchev–Trinajstić information content (AvgIpc) is 2.55. The largest absolute Gasteiger partial charge is 0.497 e. The highest BCUT2D eigenvalue weighted by Gasteiger charge is 2.21. The van der Waals surface area contributed by atoms with Crippen LogP contribution in [0.15, 0.2) is 18.2 Å². The van der Waals surface area contributed by atoms with Gasteiger partial charge in [0.05, 0.1) is 14.2 Å². The van der Waals surface area contributed by atoms with E-state index in [1.165, 1.54) is 0 Å². The highest BCUT2D eigenvalue weighted by Crippen LogP contribution is 2.30. The van der Waals surface area contributed by atoms with Crippen LogP contribution in [0.5, 0.6) is 11.5 Å². The summed E-state index contributed by atoms with van der Waals surface area (Å²) in [6, 6.07) is 6.22. The van der Waals surface area contributed by atoms with Crippen molar-refractivity contribution in [3.63, 3.8) is 0 Å². The first-order chi connectivity index (χ1) is 10.7. The van der Waals surface area contributed by atoms with E-state index in [1.807, 2.05) is 25.1 Å². The predicted octanol–water partition coefficient (Wildman–Crippen LogP) is 2.59. The SMILES string of the molecule is CCCC(=O)NC1CCN(c2cc(OC)cc(OC)c2)CC1. The molecule has 1 aromatic carbocycles. The Bertz CT molecular complexity index is 474. The molecule has 1 aliphatic heterocycles. The molecule has 1 amide bonds. The lowest BCUT2D eigenvalue weighted by molar-refractivity contribution is -0.121. The molecule has 5 heteroatoms. The van der Waals surface area contributed by atoms with Gasteiger partial charge in [-0.1, -0.05) is 6.92 Å². The maximum absolute atomic E-state index is 11.7. The first-order valence-electron chi connectivity index (χ1n) is 7.93. The zero-order valence-electron chi connectivity index (χ0n) is 13.7. The van der Waals surface area contributed by atoms with E-state index in [0.29, 0.717) is 12.5 Å². The van der Waals surface area contributed by atoms with E-state index >= 15 is 0 Å². The Labute approximate surface area is 132 Å². The van der Waals surface area contributed by atoms with Crippen molar-refractivity contribution in [3.05, 3.63) is 18.2 Å². The molecule has 122 valence electrons. The Kier molecular flexibility index (Phi) is 5.92. The summed E-state index contributed by atoms with van der Waals surface area (Å²) in [5, 5.41) is 3.12. The summed E-state index contributed by atoms with van der Waals surface area (Å²) in [6.07, 6.45) is 3.45. The minimum atomic E-state index is 0.170. The first-order valence-corrected chi connectivity index (χ1v) is 7.93. The number of hydrogen-bond acceptors (Lipinski definition) is 4. The summed E-state index contributed by atoms with van der Waals surface area (Å²) in [4.78, 5) is 14.0.